The van der Waals surface area contributed by atoms with Crippen molar-refractivity contribution in [2.75, 3.05) is 12.0 Å². The smallest absolute Gasteiger partial charge is 0.398 e. The lowest BCUT2D eigenvalue weighted by atomic mass is 9.99. The summed E-state index contributed by atoms with van der Waals surface area (Å²) in [4.78, 5) is 28.2. The lowest BCUT2D eigenvalue weighted by Gasteiger charge is -2.29. The molecule has 12 heteroatoms. The van der Waals surface area contributed by atoms with Gasteiger partial charge in [0.2, 0.25) is 5.91 Å². The van der Waals surface area contributed by atoms with Gasteiger partial charge in [0.15, 0.2) is 9.84 Å². The van der Waals surface area contributed by atoms with Crippen molar-refractivity contribution in [1.29, 1.82) is 0 Å². The van der Waals surface area contributed by atoms with Crippen LogP contribution in [0.1, 0.15) is 53.2 Å². The van der Waals surface area contributed by atoms with Gasteiger partial charge in [-0.1, -0.05) is 6.07 Å². The zero-order valence-electron chi connectivity index (χ0n) is 19.8. The van der Waals surface area contributed by atoms with Crippen LogP contribution in [0.5, 0.6) is 0 Å². The summed E-state index contributed by atoms with van der Waals surface area (Å²) in [5.41, 5.74) is 4.88. The monoisotopic (exact) mass is 539 g/mol. The first-order valence-electron chi connectivity index (χ1n) is 11.8. The Bertz CT molecular complexity index is 1390. The van der Waals surface area contributed by atoms with Crippen LogP contribution in [0.2, 0.25) is 0 Å². The van der Waals surface area contributed by atoms with E-state index in [4.69, 9.17) is 5.73 Å². The Hall–Kier alpha value is -3.15. The van der Waals surface area contributed by atoms with Gasteiger partial charge in [0, 0.05) is 23.5 Å². The number of amides is 2. The Morgan fingerprint density at radius 3 is 2.41 bits per heavy atom. The van der Waals surface area contributed by atoms with Crippen LogP contribution in [0.15, 0.2) is 41.3 Å². The standard InChI is InChI=1S/C25H25F4N3O4S/c1-37(35,36)15-5-7-19(30)17(11-15)24(34)32-20-8-13(20)9-21(32)23(33)31-22(12-2-3-12)16-6-4-14(10-18(16)26)25(27,28)29/h4-7,10-13,20-22H,2-3,8-9,30H2,1H3,(H,31,33)/t13-,20-,21-,22?/m1/s1. The van der Waals surface area contributed by atoms with Crippen LogP contribution < -0.4 is 11.1 Å². The largest absolute Gasteiger partial charge is 0.416 e. The predicted octanol–water partition coefficient (Wildman–Crippen LogP) is 3.70. The first kappa shape index (κ1) is 25.5. The first-order valence-corrected chi connectivity index (χ1v) is 13.7. The van der Waals surface area contributed by atoms with E-state index in [1.54, 1.807) is 0 Å². The Labute approximate surface area is 210 Å². The summed E-state index contributed by atoms with van der Waals surface area (Å²) in [6.45, 7) is 0. The molecule has 0 aromatic heterocycles. The maximum atomic E-state index is 14.7. The van der Waals surface area contributed by atoms with Gasteiger partial charge in [0.05, 0.1) is 22.1 Å². The highest BCUT2D eigenvalue weighted by Gasteiger charge is 2.56. The Kier molecular flexibility index (Phi) is 6.00. The molecule has 3 aliphatic rings. The molecule has 3 N–H and O–H groups in total. The van der Waals surface area contributed by atoms with E-state index >= 15 is 0 Å². The minimum absolute atomic E-state index is 0.0270. The van der Waals surface area contributed by atoms with Gasteiger partial charge in [-0.2, -0.15) is 13.2 Å². The van der Waals surface area contributed by atoms with E-state index in [1.165, 1.54) is 23.1 Å². The molecule has 2 aromatic rings. The molecule has 1 unspecified atom stereocenters. The van der Waals surface area contributed by atoms with Crippen molar-refractivity contribution in [3.63, 3.8) is 0 Å². The molecule has 0 spiro atoms. The fraction of sp³-hybridized carbons (Fsp3) is 0.440. The summed E-state index contributed by atoms with van der Waals surface area (Å²) in [7, 11) is -3.61. The van der Waals surface area contributed by atoms with E-state index in [2.05, 4.69) is 5.32 Å². The highest BCUT2D eigenvalue weighted by Crippen LogP contribution is 2.49. The molecule has 2 aliphatic carbocycles. The van der Waals surface area contributed by atoms with Gasteiger partial charge in [-0.05, 0) is 67.9 Å². The van der Waals surface area contributed by atoms with Crippen LogP contribution in [0.4, 0.5) is 23.2 Å². The molecule has 1 saturated heterocycles. The molecule has 3 fully saturated rings. The van der Waals surface area contributed by atoms with Gasteiger partial charge in [0.25, 0.3) is 5.91 Å². The summed E-state index contributed by atoms with van der Waals surface area (Å²) in [5, 5.41) is 2.78. The van der Waals surface area contributed by atoms with Gasteiger partial charge in [0.1, 0.15) is 11.9 Å². The van der Waals surface area contributed by atoms with Crippen molar-refractivity contribution in [2.24, 2.45) is 11.8 Å². The second-order valence-corrected chi connectivity index (χ2v) is 12.1. The number of anilines is 1. The molecule has 1 aliphatic heterocycles. The maximum Gasteiger partial charge on any atom is 0.416 e. The number of nitrogens with one attached hydrogen (secondary N) is 1. The van der Waals surface area contributed by atoms with E-state index in [0.717, 1.165) is 18.4 Å². The summed E-state index contributed by atoms with van der Waals surface area (Å²) >= 11 is 0. The van der Waals surface area contributed by atoms with Crippen LogP contribution in [0.25, 0.3) is 0 Å². The third-order valence-electron chi connectivity index (χ3n) is 7.38. The number of sulfone groups is 1. The Balaban J connectivity index is 1.40. The SMILES string of the molecule is CS(=O)(=O)c1ccc(N)c(C(=O)N2[C@@H](C(=O)NC(c3ccc(C(F)(F)F)cc3F)C3CC3)C[C@H]3C[C@H]32)c1. The molecule has 0 bridgehead atoms. The van der Waals surface area contributed by atoms with Crippen LogP contribution in [0, 0.1) is 17.7 Å². The summed E-state index contributed by atoms with van der Waals surface area (Å²) in [6, 6.07) is 4.16. The molecule has 5 rings (SSSR count). The minimum Gasteiger partial charge on any atom is -0.398 e. The zero-order valence-corrected chi connectivity index (χ0v) is 20.6. The van der Waals surface area contributed by atoms with Gasteiger partial charge < -0.3 is 16.0 Å². The topological polar surface area (TPSA) is 110 Å². The fourth-order valence-corrected chi connectivity index (χ4v) is 5.80. The van der Waals surface area contributed by atoms with Gasteiger partial charge in [-0.15, -0.1) is 0 Å². The van der Waals surface area contributed by atoms with Gasteiger partial charge in [-0.3, -0.25) is 9.59 Å². The van der Waals surface area contributed by atoms with E-state index in [1.807, 2.05) is 0 Å². The second kappa shape index (κ2) is 8.71. The van der Waals surface area contributed by atoms with Crippen LogP contribution in [-0.4, -0.2) is 43.5 Å². The molecule has 37 heavy (non-hydrogen) atoms. The first-order chi connectivity index (χ1) is 17.3. The fourth-order valence-electron chi connectivity index (χ4n) is 5.16. The second-order valence-electron chi connectivity index (χ2n) is 10.1. The molecular weight excluding hydrogens is 514 g/mol. The summed E-state index contributed by atoms with van der Waals surface area (Å²) in [5.74, 6) is -2.19. The van der Waals surface area contributed by atoms with Crippen LogP contribution >= 0.6 is 0 Å². The number of nitrogen functional groups attached to an aromatic ring is 1. The molecule has 198 valence electrons. The van der Waals surface area contributed by atoms with Crippen molar-refractivity contribution in [2.45, 2.75) is 54.9 Å². The molecule has 0 radical (unpaired) electrons. The number of nitrogens with zero attached hydrogens (tertiary/aromatic N) is 1. The van der Waals surface area contributed by atoms with E-state index in [-0.39, 0.29) is 39.6 Å². The van der Waals surface area contributed by atoms with Gasteiger partial charge >= 0.3 is 6.18 Å². The Morgan fingerprint density at radius 1 is 1.11 bits per heavy atom. The quantitative estimate of drug-likeness (QED) is 0.430. The number of carbonyl (C=O) groups excluding carboxylic acids is 2. The third kappa shape index (κ3) is 4.90. The summed E-state index contributed by atoms with van der Waals surface area (Å²) in [6.07, 6.45) is -1.26. The lowest BCUT2D eigenvalue weighted by molar-refractivity contribution is -0.137. The molecule has 1 heterocycles. The molecule has 2 aromatic carbocycles. The number of carbonyl (C=O) groups is 2. The van der Waals surface area contributed by atoms with Crippen molar-refractivity contribution in [3.8, 4) is 0 Å². The van der Waals surface area contributed by atoms with Crippen molar-refractivity contribution >= 4 is 27.3 Å². The van der Waals surface area contributed by atoms with Crippen molar-refractivity contribution in [3.05, 3.63) is 58.9 Å². The average molecular weight is 540 g/mol. The van der Waals surface area contributed by atoms with Crippen molar-refractivity contribution < 1.29 is 35.6 Å². The van der Waals surface area contributed by atoms with Crippen LogP contribution in [0.3, 0.4) is 0 Å². The van der Waals surface area contributed by atoms with E-state index < -0.39 is 51.3 Å². The number of hydrogen-bond acceptors (Lipinski definition) is 5. The molecular formula is C25H25F4N3O4S. The molecule has 4 atom stereocenters. The van der Waals surface area contributed by atoms with E-state index in [9.17, 15) is 35.6 Å². The normalized spacial score (nSPS) is 23.9. The van der Waals surface area contributed by atoms with Crippen LogP contribution in [-0.2, 0) is 20.8 Å². The maximum absolute atomic E-state index is 14.7. The number of rotatable bonds is 6. The number of halogens is 4. The summed E-state index contributed by atoms with van der Waals surface area (Å²) < 4.78 is 77.7. The number of fused-ring (bicyclic) bond motifs is 1. The minimum atomic E-state index is -4.69. The number of hydrogen-bond donors (Lipinski definition) is 2. The number of piperidine rings is 1. The molecule has 7 nitrogen and oxygen atoms in total. The predicted molar refractivity (Wildman–Crippen MR) is 125 cm³/mol. The number of alkyl halides is 3. The molecule has 2 saturated carbocycles. The number of benzene rings is 2. The van der Waals surface area contributed by atoms with E-state index in [0.29, 0.717) is 31.7 Å². The highest BCUT2D eigenvalue weighted by molar-refractivity contribution is 7.90. The zero-order chi connectivity index (χ0) is 26.9. The molecule has 2 amide bonds. The highest BCUT2D eigenvalue weighted by atomic mass is 32.2. The third-order valence-corrected chi connectivity index (χ3v) is 8.49. The lowest BCUT2D eigenvalue weighted by Crippen LogP contribution is -2.49. The Morgan fingerprint density at radius 2 is 1.81 bits per heavy atom. The number of likely N-dealkylation sites (tertiary alicyclic amines) is 1. The van der Waals surface area contributed by atoms with Crippen molar-refractivity contribution in [1.82, 2.24) is 10.2 Å². The number of nitrogens with two attached hydrogens (primary N) is 1. The van der Waals surface area contributed by atoms with Gasteiger partial charge in [-0.25, -0.2) is 12.8 Å². The average Bonchev–Trinajstić information content (AvgIpc) is 3.74.